The number of hydrogen-bond acceptors (Lipinski definition) is 4. The molecule has 2 N–H and O–H groups in total. The van der Waals surface area contributed by atoms with Crippen LogP contribution in [0.25, 0.3) is 0 Å². The maximum absolute atomic E-state index is 10.7. The van der Waals surface area contributed by atoms with Gasteiger partial charge in [0.25, 0.3) is 0 Å². The zero-order chi connectivity index (χ0) is 8.43. The Balaban J connectivity index is 2.69. The number of rotatable bonds is 2. The van der Waals surface area contributed by atoms with E-state index in [1.165, 1.54) is 6.92 Å². The zero-order valence-electron chi connectivity index (χ0n) is 6.20. The van der Waals surface area contributed by atoms with Crippen LogP contribution in [0.15, 0.2) is 11.3 Å². The molecule has 0 radical (unpaired) electrons. The summed E-state index contributed by atoms with van der Waals surface area (Å²) in [7, 11) is 0. The highest BCUT2D eigenvalue weighted by atomic mass is 16.6. The average molecular weight is 158 g/mol. The maximum atomic E-state index is 10.7. The van der Waals surface area contributed by atoms with Crippen LogP contribution in [0.2, 0.25) is 0 Å². The standard InChI is InChI=1S/C7H10O4/c1-4-6(9)5(2-3-8)11-7(4)10/h5,8-9H,2-3H2,1H3. The third-order valence-corrected chi connectivity index (χ3v) is 1.64. The Hall–Kier alpha value is -1.03. The molecule has 0 saturated carbocycles. The fourth-order valence-corrected chi connectivity index (χ4v) is 0.932. The van der Waals surface area contributed by atoms with Crippen LogP contribution in [-0.2, 0) is 9.53 Å². The molecule has 1 heterocycles. The number of carbonyl (C=O) groups excluding carboxylic acids is 1. The van der Waals surface area contributed by atoms with Crippen LogP contribution in [0.3, 0.4) is 0 Å². The van der Waals surface area contributed by atoms with Gasteiger partial charge in [-0.25, -0.2) is 4.79 Å². The Morgan fingerprint density at radius 3 is 2.64 bits per heavy atom. The lowest BCUT2D eigenvalue weighted by atomic mass is 10.2. The number of cyclic esters (lactones) is 1. The molecule has 0 bridgehead atoms. The minimum absolute atomic E-state index is 0.0518. The lowest BCUT2D eigenvalue weighted by Crippen LogP contribution is -2.13. The summed E-state index contributed by atoms with van der Waals surface area (Å²) in [6, 6.07) is 0. The number of esters is 1. The summed E-state index contributed by atoms with van der Waals surface area (Å²) in [5.74, 6) is -0.551. The molecule has 1 atom stereocenters. The summed E-state index contributed by atoms with van der Waals surface area (Å²) in [6.45, 7) is 1.39. The molecule has 0 spiro atoms. The lowest BCUT2D eigenvalue weighted by Gasteiger charge is -2.06. The van der Waals surface area contributed by atoms with E-state index in [1.54, 1.807) is 0 Å². The fourth-order valence-electron chi connectivity index (χ4n) is 0.932. The van der Waals surface area contributed by atoms with Gasteiger partial charge in [0.2, 0.25) is 0 Å². The first-order chi connectivity index (χ1) is 5.16. The third-order valence-electron chi connectivity index (χ3n) is 1.64. The average Bonchev–Trinajstić information content (AvgIpc) is 2.19. The molecular formula is C7H10O4. The Labute approximate surface area is 64.1 Å². The second-order valence-electron chi connectivity index (χ2n) is 2.42. The molecule has 0 saturated heterocycles. The monoisotopic (exact) mass is 158 g/mol. The quantitative estimate of drug-likeness (QED) is 0.560. The predicted octanol–water partition coefficient (Wildman–Crippen LogP) is 0.126. The Bertz CT molecular complexity index is 206. The van der Waals surface area contributed by atoms with E-state index in [-0.39, 0.29) is 24.4 Å². The first kappa shape index (κ1) is 8.07. The van der Waals surface area contributed by atoms with Crippen molar-refractivity contribution < 1.29 is 19.7 Å². The number of hydrogen-bond donors (Lipinski definition) is 2. The number of aliphatic hydroxyl groups excluding tert-OH is 2. The molecule has 4 heteroatoms. The van der Waals surface area contributed by atoms with Gasteiger partial charge in [-0.15, -0.1) is 0 Å². The van der Waals surface area contributed by atoms with Crippen LogP contribution in [0, 0.1) is 0 Å². The molecule has 0 fully saturated rings. The molecule has 4 nitrogen and oxygen atoms in total. The number of carbonyl (C=O) groups is 1. The summed E-state index contributed by atoms with van der Waals surface area (Å²) in [6.07, 6.45) is -0.373. The van der Waals surface area contributed by atoms with E-state index >= 15 is 0 Å². The van der Waals surface area contributed by atoms with Crippen molar-refractivity contribution >= 4 is 5.97 Å². The summed E-state index contributed by atoms with van der Waals surface area (Å²) >= 11 is 0. The van der Waals surface area contributed by atoms with Gasteiger partial charge < -0.3 is 14.9 Å². The number of aliphatic hydroxyl groups is 2. The summed E-state index contributed by atoms with van der Waals surface area (Å²) < 4.78 is 4.70. The molecular weight excluding hydrogens is 148 g/mol. The highest BCUT2D eigenvalue weighted by Crippen LogP contribution is 2.21. The van der Waals surface area contributed by atoms with E-state index in [0.29, 0.717) is 0 Å². The van der Waals surface area contributed by atoms with Gasteiger partial charge in [-0.1, -0.05) is 0 Å². The topological polar surface area (TPSA) is 66.8 Å². The van der Waals surface area contributed by atoms with Crippen molar-refractivity contribution in [2.24, 2.45) is 0 Å². The SMILES string of the molecule is CC1=C(O)C(CCO)OC1=O. The van der Waals surface area contributed by atoms with Gasteiger partial charge in [0.1, 0.15) is 5.76 Å². The molecule has 0 aliphatic carbocycles. The van der Waals surface area contributed by atoms with Gasteiger partial charge in [-0.3, -0.25) is 0 Å². The van der Waals surface area contributed by atoms with E-state index in [4.69, 9.17) is 9.84 Å². The predicted molar refractivity (Wildman–Crippen MR) is 36.9 cm³/mol. The molecule has 1 aliphatic rings. The van der Waals surface area contributed by atoms with Crippen molar-refractivity contribution in [1.29, 1.82) is 0 Å². The second-order valence-corrected chi connectivity index (χ2v) is 2.42. The highest BCUT2D eigenvalue weighted by molar-refractivity contribution is 5.90. The first-order valence-corrected chi connectivity index (χ1v) is 3.38. The molecule has 0 amide bonds. The molecule has 0 aromatic heterocycles. The van der Waals surface area contributed by atoms with Crippen molar-refractivity contribution in [2.75, 3.05) is 6.61 Å². The van der Waals surface area contributed by atoms with E-state index in [1.807, 2.05) is 0 Å². The lowest BCUT2D eigenvalue weighted by molar-refractivity contribution is -0.140. The molecule has 0 aromatic carbocycles. The van der Waals surface area contributed by atoms with Crippen molar-refractivity contribution in [2.45, 2.75) is 19.4 Å². The molecule has 1 rings (SSSR count). The summed E-state index contributed by atoms with van der Waals surface area (Å²) in [5.41, 5.74) is 0.239. The van der Waals surface area contributed by atoms with E-state index in [9.17, 15) is 9.90 Å². The van der Waals surface area contributed by atoms with Crippen LogP contribution in [0.5, 0.6) is 0 Å². The van der Waals surface area contributed by atoms with Gasteiger partial charge in [-0.05, 0) is 6.92 Å². The van der Waals surface area contributed by atoms with Crippen molar-refractivity contribution in [3.05, 3.63) is 11.3 Å². The van der Waals surface area contributed by atoms with E-state index in [2.05, 4.69) is 0 Å². The minimum atomic E-state index is -0.632. The van der Waals surface area contributed by atoms with Crippen molar-refractivity contribution in [1.82, 2.24) is 0 Å². The number of ether oxygens (including phenoxy) is 1. The van der Waals surface area contributed by atoms with E-state index in [0.717, 1.165) is 0 Å². The van der Waals surface area contributed by atoms with Crippen molar-refractivity contribution in [3.8, 4) is 0 Å². The molecule has 62 valence electrons. The summed E-state index contributed by atoms with van der Waals surface area (Å²) in [5, 5.41) is 17.7. The maximum Gasteiger partial charge on any atom is 0.337 e. The third kappa shape index (κ3) is 1.35. The van der Waals surface area contributed by atoms with Crippen LogP contribution < -0.4 is 0 Å². The van der Waals surface area contributed by atoms with Gasteiger partial charge in [0.15, 0.2) is 6.10 Å². The minimum Gasteiger partial charge on any atom is -0.508 e. The van der Waals surface area contributed by atoms with Crippen LogP contribution in [0.1, 0.15) is 13.3 Å². The first-order valence-electron chi connectivity index (χ1n) is 3.38. The molecule has 11 heavy (non-hydrogen) atoms. The van der Waals surface area contributed by atoms with Gasteiger partial charge >= 0.3 is 5.97 Å². The molecule has 0 aromatic rings. The smallest absolute Gasteiger partial charge is 0.337 e. The molecule has 1 unspecified atom stereocenters. The van der Waals surface area contributed by atoms with Crippen LogP contribution >= 0.6 is 0 Å². The Morgan fingerprint density at radius 2 is 2.27 bits per heavy atom. The van der Waals surface area contributed by atoms with E-state index < -0.39 is 12.1 Å². The van der Waals surface area contributed by atoms with Gasteiger partial charge in [0, 0.05) is 13.0 Å². The van der Waals surface area contributed by atoms with Gasteiger partial charge in [-0.2, -0.15) is 0 Å². The summed E-state index contributed by atoms with van der Waals surface area (Å²) in [4.78, 5) is 10.7. The van der Waals surface area contributed by atoms with Crippen LogP contribution in [-0.4, -0.2) is 28.9 Å². The highest BCUT2D eigenvalue weighted by Gasteiger charge is 2.30. The zero-order valence-corrected chi connectivity index (χ0v) is 6.20. The molecule has 1 aliphatic heterocycles. The largest absolute Gasteiger partial charge is 0.508 e. The van der Waals surface area contributed by atoms with Crippen molar-refractivity contribution in [3.63, 3.8) is 0 Å². The Kier molecular flexibility index (Phi) is 2.14. The van der Waals surface area contributed by atoms with Crippen LogP contribution in [0.4, 0.5) is 0 Å². The normalized spacial score (nSPS) is 24.2. The second kappa shape index (κ2) is 2.92. The fraction of sp³-hybridized carbons (Fsp3) is 0.571. The Morgan fingerprint density at radius 1 is 1.64 bits per heavy atom. The van der Waals surface area contributed by atoms with Gasteiger partial charge in [0.05, 0.1) is 5.57 Å².